The van der Waals surface area contributed by atoms with E-state index in [1.807, 2.05) is 25.2 Å². The number of imidazole rings is 1. The second-order valence-electron chi connectivity index (χ2n) is 11.1. The Morgan fingerprint density at radius 3 is 2.88 bits per heavy atom. The van der Waals surface area contributed by atoms with E-state index in [0.717, 1.165) is 51.3 Å². The number of hydrogen-bond donors (Lipinski definition) is 1. The first kappa shape index (κ1) is 25.6. The van der Waals surface area contributed by atoms with E-state index in [0.29, 0.717) is 37.6 Å². The summed E-state index contributed by atoms with van der Waals surface area (Å²) in [6.07, 6.45) is 4.69. The van der Waals surface area contributed by atoms with E-state index in [-0.39, 0.29) is 12.5 Å². The average molecular weight is 558 g/mol. The van der Waals surface area contributed by atoms with Gasteiger partial charge in [-0.2, -0.15) is 0 Å². The highest BCUT2D eigenvalue weighted by Crippen LogP contribution is 2.39. The second kappa shape index (κ2) is 10.3. The highest BCUT2D eigenvalue weighted by Gasteiger charge is 2.29. The van der Waals surface area contributed by atoms with Gasteiger partial charge in [0.15, 0.2) is 5.82 Å². The number of nitrogens with zero attached hydrogens (tertiary/aromatic N) is 8. The Morgan fingerprint density at radius 1 is 1.22 bits per heavy atom. The number of aryl methyl sites for hydroxylation is 1. The van der Waals surface area contributed by atoms with Gasteiger partial charge < -0.3 is 24.5 Å². The quantitative estimate of drug-likeness (QED) is 0.280. The van der Waals surface area contributed by atoms with E-state index in [1.54, 1.807) is 15.9 Å². The van der Waals surface area contributed by atoms with Gasteiger partial charge >= 0.3 is 0 Å². The zero-order valence-electron chi connectivity index (χ0n) is 22.9. The molecule has 2 N–H and O–H groups in total. The first-order valence-corrected chi connectivity index (χ1v) is 14.1. The minimum absolute atomic E-state index is 0.115. The van der Waals surface area contributed by atoms with Gasteiger partial charge in [-0.3, -0.25) is 4.79 Å². The third-order valence-corrected chi connectivity index (χ3v) is 8.15. The monoisotopic (exact) mass is 557 g/mol. The molecule has 1 saturated carbocycles. The second-order valence-corrected chi connectivity index (χ2v) is 11.1. The van der Waals surface area contributed by atoms with Gasteiger partial charge in [0.05, 0.1) is 34.8 Å². The van der Waals surface area contributed by atoms with Crippen LogP contribution in [-0.2, 0) is 26.6 Å². The Morgan fingerprint density at radius 2 is 2.10 bits per heavy atom. The Hall–Kier alpha value is -4.32. The van der Waals surface area contributed by atoms with Gasteiger partial charge in [0.1, 0.15) is 25.4 Å². The van der Waals surface area contributed by atoms with Crippen LogP contribution in [0.25, 0.3) is 33.5 Å². The van der Waals surface area contributed by atoms with Crippen molar-refractivity contribution < 1.29 is 13.9 Å². The number of hydrogen-bond acceptors (Lipinski definition) is 7. The molecule has 7 rings (SSSR count). The molecule has 1 fully saturated rings. The van der Waals surface area contributed by atoms with E-state index >= 15 is 0 Å². The molecule has 12 heteroatoms. The minimum atomic E-state index is -0.674. The Labute approximate surface area is 235 Å². The maximum Gasteiger partial charge on any atom is 0.254 e. The van der Waals surface area contributed by atoms with Crippen LogP contribution in [-0.4, -0.2) is 77.5 Å². The number of tetrazole rings is 1. The number of alkyl halides is 1. The Bertz CT molecular complexity index is 1740. The van der Waals surface area contributed by atoms with Crippen LogP contribution in [0.2, 0.25) is 0 Å². The number of carbonyl (C=O) groups is 1. The molecule has 1 amide bonds. The number of benzene rings is 2. The van der Waals surface area contributed by atoms with Gasteiger partial charge in [-0.15, -0.1) is 5.10 Å². The van der Waals surface area contributed by atoms with Crippen molar-refractivity contribution in [1.82, 2.24) is 39.2 Å². The molecular weight excluding hydrogens is 525 g/mol. The van der Waals surface area contributed by atoms with E-state index in [4.69, 9.17) is 15.5 Å². The summed E-state index contributed by atoms with van der Waals surface area (Å²) in [5.74, 6) is 2.16. The molecule has 5 aromatic rings. The molecule has 41 heavy (non-hydrogen) atoms. The normalized spacial score (nSPS) is 16.1. The summed E-state index contributed by atoms with van der Waals surface area (Å²) in [5.41, 5.74) is 11.2. The standard InChI is InChI=1S/C29H32FN9O2/c1-36-24-11-19-7-8-37(16-21(31)14-30)29(40)22(19)13-23(24)33-28(36)25-12-20-3-2-4-26(27(20)39(25)15-18-5-6-18)41-10-9-38-17-32-34-35-38/h2-4,11-13,17-18,21H,5-10,14-16,31H2,1H3. The van der Waals surface area contributed by atoms with Crippen molar-refractivity contribution in [3.8, 4) is 17.3 Å². The topological polar surface area (TPSA) is 122 Å². The summed E-state index contributed by atoms with van der Waals surface area (Å²) in [4.78, 5) is 20.0. The van der Waals surface area contributed by atoms with Crippen molar-refractivity contribution in [2.75, 3.05) is 26.4 Å². The van der Waals surface area contributed by atoms with Crippen LogP contribution in [0.5, 0.6) is 5.75 Å². The third kappa shape index (κ3) is 4.71. The number of fused-ring (bicyclic) bond motifs is 3. The summed E-state index contributed by atoms with van der Waals surface area (Å²) >= 11 is 0. The van der Waals surface area contributed by atoms with E-state index in [2.05, 4.69) is 42.9 Å². The number of halogens is 1. The smallest absolute Gasteiger partial charge is 0.254 e. The summed E-state index contributed by atoms with van der Waals surface area (Å²) in [6, 6.07) is 11.6. The molecule has 0 bridgehead atoms. The first-order valence-electron chi connectivity index (χ1n) is 14.1. The van der Waals surface area contributed by atoms with E-state index in [9.17, 15) is 9.18 Å². The lowest BCUT2D eigenvalue weighted by atomic mass is 9.97. The van der Waals surface area contributed by atoms with Crippen LogP contribution in [0.3, 0.4) is 0 Å². The van der Waals surface area contributed by atoms with Gasteiger partial charge in [-0.25, -0.2) is 14.1 Å². The average Bonchev–Trinajstić information content (AvgIpc) is 3.35. The van der Waals surface area contributed by atoms with Crippen LogP contribution in [0, 0.1) is 5.92 Å². The van der Waals surface area contributed by atoms with Crippen LogP contribution < -0.4 is 10.5 Å². The predicted molar refractivity (Wildman–Crippen MR) is 151 cm³/mol. The van der Waals surface area contributed by atoms with Gasteiger partial charge in [0.25, 0.3) is 5.91 Å². The van der Waals surface area contributed by atoms with Crippen molar-refractivity contribution >= 4 is 27.8 Å². The van der Waals surface area contributed by atoms with Crippen molar-refractivity contribution in [1.29, 1.82) is 0 Å². The summed E-state index contributed by atoms with van der Waals surface area (Å²) in [5, 5.41) is 12.4. The summed E-state index contributed by atoms with van der Waals surface area (Å²) in [6.45, 7) is 1.95. The third-order valence-electron chi connectivity index (χ3n) is 8.15. The molecule has 1 aliphatic carbocycles. The Balaban J connectivity index is 1.27. The van der Waals surface area contributed by atoms with E-state index < -0.39 is 12.7 Å². The zero-order valence-corrected chi connectivity index (χ0v) is 22.9. The number of carbonyl (C=O) groups excluding carboxylic acids is 1. The summed E-state index contributed by atoms with van der Waals surface area (Å²) < 4.78 is 25.4. The minimum Gasteiger partial charge on any atom is -0.489 e. The molecule has 3 aromatic heterocycles. The lowest BCUT2D eigenvalue weighted by Gasteiger charge is -2.30. The molecule has 1 atom stereocenters. The van der Waals surface area contributed by atoms with Crippen LogP contribution in [0.15, 0.2) is 42.7 Å². The molecule has 0 radical (unpaired) electrons. The maximum absolute atomic E-state index is 13.3. The van der Waals surface area contributed by atoms with Gasteiger partial charge in [-0.05, 0) is 65.4 Å². The number of para-hydroxylation sites is 1. The largest absolute Gasteiger partial charge is 0.489 e. The molecular formula is C29H32FN9O2. The number of nitrogens with two attached hydrogens (primary N) is 1. The lowest BCUT2D eigenvalue weighted by molar-refractivity contribution is 0.0725. The molecule has 1 aliphatic heterocycles. The first-order chi connectivity index (χ1) is 20.0. The Kier molecular flexibility index (Phi) is 6.41. The van der Waals surface area contributed by atoms with Crippen molar-refractivity contribution in [3.63, 3.8) is 0 Å². The summed E-state index contributed by atoms with van der Waals surface area (Å²) in [7, 11) is 2.02. The fraction of sp³-hybridized carbons (Fsp3) is 0.414. The SMILES string of the molecule is Cn1c(-c2cc3cccc(OCCn4cnnn4)c3n2CC2CC2)nc2cc3c(cc21)CCN(CC(N)CF)C3=O. The molecule has 2 aliphatic rings. The number of ether oxygens (including phenoxy) is 1. The number of aromatic nitrogens is 7. The number of amides is 1. The highest BCUT2D eigenvalue weighted by molar-refractivity contribution is 6.01. The van der Waals surface area contributed by atoms with Crippen LogP contribution >= 0.6 is 0 Å². The van der Waals surface area contributed by atoms with Crippen molar-refractivity contribution in [2.45, 2.75) is 38.4 Å². The maximum atomic E-state index is 13.3. The molecule has 2 aromatic carbocycles. The lowest BCUT2D eigenvalue weighted by Crippen LogP contribution is -2.45. The van der Waals surface area contributed by atoms with E-state index in [1.165, 1.54) is 12.8 Å². The van der Waals surface area contributed by atoms with Gasteiger partial charge in [-0.1, -0.05) is 12.1 Å². The molecule has 11 nitrogen and oxygen atoms in total. The van der Waals surface area contributed by atoms with Crippen molar-refractivity contribution in [3.05, 3.63) is 53.9 Å². The zero-order chi connectivity index (χ0) is 28.1. The predicted octanol–water partition coefficient (Wildman–Crippen LogP) is 2.97. The molecule has 0 spiro atoms. The van der Waals surface area contributed by atoms with Crippen molar-refractivity contribution in [2.24, 2.45) is 18.7 Å². The van der Waals surface area contributed by atoms with Gasteiger partial charge in [0.2, 0.25) is 0 Å². The van der Waals surface area contributed by atoms with Crippen LogP contribution in [0.4, 0.5) is 4.39 Å². The molecule has 212 valence electrons. The molecule has 4 heterocycles. The molecule has 0 saturated heterocycles. The highest BCUT2D eigenvalue weighted by atomic mass is 19.1. The fourth-order valence-electron chi connectivity index (χ4n) is 5.82. The van der Waals surface area contributed by atoms with Gasteiger partial charge in [0, 0.05) is 37.6 Å². The fourth-order valence-corrected chi connectivity index (χ4v) is 5.82. The number of rotatable bonds is 10. The van der Waals surface area contributed by atoms with Crippen LogP contribution in [0.1, 0.15) is 28.8 Å². The molecule has 1 unspecified atom stereocenters.